The molecule has 1 amide bonds. The Balaban J connectivity index is 5.03. The van der Waals surface area contributed by atoms with Crippen molar-refractivity contribution in [3.63, 3.8) is 0 Å². The van der Waals surface area contributed by atoms with Gasteiger partial charge < -0.3 is 4.90 Å². The molecule has 0 aromatic rings. The van der Waals surface area contributed by atoms with Crippen LogP contribution in [0, 0.1) is 5.92 Å². The second kappa shape index (κ2) is 7.58. The third kappa shape index (κ3) is 6.34. The molecule has 0 aliphatic heterocycles. The molecule has 0 saturated carbocycles. The highest BCUT2D eigenvalue weighted by Gasteiger charge is 2.33. The summed E-state index contributed by atoms with van der Waals surface area (Å²) in [5.74, 6) is 0.341. The first-order chi connectivity index (χ1) is 9.32. The van der Waals surface area contributed by atoms with E-state index in [-0.39, 0.29) is 17.9 Å². The topological polar surface area (TPSA) is 57.7 Å². The molecule has 0 bridgehead atoms. The Morgan fingerprint density at radius 1 is 1.24 bits per heavy atom. The highest BCUT2D eigenvalue weighted by molar-refractivity contribution is 7.88. The van der Waals surface area contributed by atoms with Gasteiger partial charge >= 0.3 is 0 Å². The van der Waals surface area contributed by atoms with Crippen LogP contribution in [-0.2, 0) is 14.8 Å². The van der Waals surface area contributed by atoms with Gasteiger partial charge in [0.1, 0.15) is 0 Å². The number of nitrogens with zero attached hydrogens (tertiary/aromatic N) is 2. The van der Waals surface area contributed by atoms with E-state index in [0.29, 0.717) is 6.54 Å². The molecule has 0 N–H and O–H groups in total. The summed E-state index contributed by atoms with van der Waals surface area (Å²) in [4.78, 5) is 13.6. The van der Waals surface area contributed by atoms with Crippen LogP contribution in [-0.4, -0.2) is 55.0 Å². The monoisotopic (exact) mass is 320 g/mol. The van der Waals surface area contributed by atoms with Crippen LogP contribution in [0.3, 0.4) is 0 Å². The maximum Gasteiger partial charge on any atom is 0.219 e. The first kappa shape index (κ1) is 20.4. The minimum absolute atomic E-state index is 0.0673. The first-order valence-corrected chi connectivity index (χ1v) is 9.39. The summed E-state index contributed by atoms with van der Waals surface area (Å²) in [5.41, 5.74) is -0.465. The zero-order valence-electron chi connectivity index (χ0n) is 14.8. The lowest BCUT2D eigenvalue weighted by Crippen LogP contribution is -2.47. The fourth-order valence-corrected chi connectivity index (χ4v) is 3.58. The van der Waals surface area contributed by atoms with Gasteiger partial charge in [0.25, 0.3) is 0 Å². The van der Waals surface area contributed by atoms with Gasteiger partial charge in [-0.2, -0.15) is 4.31 Å². The van der Waals surface area contributed by atoms with Crippen molar-refractivity contribution in [2.45, 2.75) is 66.0 Å². The number of amides is 1. The molecule has 1 atom stereocenters. The lowest BCUT2D eigenvalue weighted by atomic mass is 9.88. The molecule has 0 heterocycles. The Morgan fingerprint density at radius 2 is 1.71 bits per heavy atom. The second-order valence-corrected chi connectivity index (χ2v) is 8.80. The molecule has 0 aliphatic rings. The van der Waals surface area contributed by atoms with Gasteiger partial charge in [0.05, 0.1) is 6.26 Å². The lowest BCUT2D eigenvalue weighted by molar-refractivity contribution is -0.131. The minimum Gasteiger partial charge on any atom is -0.340 e. The van der Waals surface area contributed by atoms with Crippen LogP contribution in [0.15, 0.2) is 0 Å². The summed E-state index contributed by atoms with van der Waals surface area (Å²) in [6.45, 7) is 12.2. The molecule has 0 aromatic carbocycles. The molecular weight excluding hydrogens is 288 g/mol. The van der Waals surface area contributed by atoms with E-state index >= 15 is 0 Å². The standard InChI is InChI=1S/C15H32N2O3S/c1-9-14(11-17(12(2)3)13(4)18)10-15(5,6)16(7)21(8,19)20/h12,14H,9-11H2,1-8H3. The molecule has 0 aromatic heterocycles. The van der Waals surface area contributed by atoms with Gasteiger partial charge in [0.2, 0.25) is 15.9 Å². The molecule has 126 valence electrons. The van der Waals surface area contributed by atoms with Crippen molar-refractivity contribution in [2.24, 2.45) is 5.92 Å². The van der Waals surface area contributed by atoms with Crippen LogP contribution in [0.1, 0.15) is 54.4 Å². The fraction of sp³-hybridized carbons (Fsp3) is 0.933. The summed E-state index contributed by atoms with van der Waals surface area (Å²) >= 11 is 0. The minimum atomic E-state index is -3.22. The third-order valence-corrected chi connectivity index (χ3v) is 5.69. The van der Waals surface area contributed by atoms with Gasteiger partial charge in [0, 0.05) is 32.1 Å². The second-order valence-electron chi connectivity index (χ2n) is 6.79. The van der Waals surface area contributed by atoms with Gasteiger partial charge in [-0.3, -0.25) is 4.79 Å². The molecule has 0 radical (unpaired) electrons. The first-order valence-electron chi connectivity index (χ1n) is 7.54. The van der Waals surface area contributed by atoms with Crippen molar-refractivity contribution >= 4 is 15.9 Å². The maximum atomic E-state index is 11.7. The average molecular weight is 320 g/mol. The number of carbonyl (C=O) groups excluding carboxylic acids is 1. The van der Waals surface area contributed by atoms with Gasteiger partial charge in [-0.05, 0) is 40.0 Å². The fourth-order valence-electron chi connectivity index (χ4n) is 2.60. The van der Waals surface area contributed by atoms with E-state index in [2.05, 4.69) is 6.92 Å². The Morgan fingerprint density at radius 3 is 2.00 bits per heavy atom. The smallest absolute Gasteiger partial charge is 0.219 e. The van der Waals surface area contributed by atoms with E-state index in [1.807, 2.05) is 32.6 Å². The number of rotatable bonds is 8. The van der Waals surface area contributed by atoms with Crippen molar-refractivity contribution in [1.29, 1.82) is 0 Å². The molecule has 1 unspecified atom stereocenters. The number of sulfonamides is 1. The predicted octanol–water partition coefficient (Wildman–Crippen LogP) is 2.33. The molecule has 0 spiro atoms. The van der Waals surface area contributed by atoms with E-state index in [1.54, 1.807) is 14.0 Å². The quantitative estimate of drug-likeness (QED) is 0.689. The van der Waals surface area contributed by atoms with Crippen molar-refractivity contribution in [1.82, 2.24) is 9.21 Å². The van der Waals surface area contributed by atoms with E-state index in [4.69, 9.17) is 0 Å². The number of hydrogen-bond donors (Lipinski definition) is 0. The van der Waals surface area contributed by atoms with Gasteiger partial charge in [0.15, 0.2) is 0 Å². The molecule has 0 rings (SSSR count). The highest BCUT2D eigenvalue weighted by atomic mass is 32.2. The predicted molar refractivity (Wildman–Crippen MR) is 87.6 cm³/mol. The van der Waals surface area contributed by atoms with Crippen molar-refractivity contribution < 1.29 is 13.2 Å². The molecule has 0 aliphatic carbocycles. The summed E-state index contributed by atoms with van der Waals surface area (Å²) < 4.78 is 24.9. The lowest BCUT2D eigenvalue weighted by Gasteiger charge is -2.38. The third-order valence-electron chi connectivity index (χ3n) is 4.20. The molecule has 21 heavy (non-hydrogen) atoms. The maximum absolute atomic E-state index is 11.7. The van der Waals surface area contributed by atoms with E-state index in [9.17, 15) is 13.2 Å². The Labute approximate surface area is 130 Å². The molecule has 5 nitrogen and oxygen atoms in total. The van der Waals surface area contributed by atoms with Gasteiger partial charge in [-0.25, -0.2) is 8.42 Å². The van der Waals surface area contributed by atoms with Crippen LogP contribution < -0.4 is 0 Å². The van der Waals surface area contributed by atoms with Crippen LogP contribution in [0.4, 0.5) is 0 Å². The summed E-state index contributed by atoms with van der Waals surface area (Å²) in [5, 5.41) is 0. The zero-order valence-corrected chi connectivity index (χ0v) is 15.6. The molecule has 0 fully saturated rings. The van der Waals surface area contributed by atoms with Crippen molar-refractivity contribution in [3.8, 4) is 0 Å². The van der Waals surface area contributed by atoms with E-state index in [0.717, 1.165) is 12.8 Å². The van der Waals surface area contributed by atoms with Crippen molar-refractivity contribution in [3.05, 3.63) is 0 Å². The summed E-state index contributed by atoms with van der Waals surface area (Å²) in [6.07, 6.45) is 2.87. The Hall–Kier alpha value is -0.620. The van der Waals surface area contributed by atoms with Crippen molar-refractivity contribution in [2.75, 3.05) is 19.8 Å². The zero-order chi connectivity index (χ0) is 17.0. The van der Waals surface area contributed by atoms with Crippen LogP contribution in [0.2, 0.25) is 0 Å². The van der Waals surface area contributed by atoms with Crippen LogP contribution >= 0.6 is 0 Å². The highest BCUT2D eigenvalue weighted by Crippen LogP contribution is 2.27. The largest absolute Gasteiger partial charge is 0.340 e. The Kier molecular flexibility index (Phi) is 7.36. The Bertz CT molecular complexity index is 444. The SMILES string of the molecule is CCC(CN(C(C)=O)C(C)C)CC(C)(C)N(C)S(C)(=O)=O. The number of carbonyl (C=O) groups is 1. The van der Waals surface area contributed by atoms with Crippen LogP contribution in [0.5, 0.6) is 0 Å². The summed E-state index contributed by atoms with van der Waals surface area (Å²) in [6, 6.07) is 0.160. The van der Waals surface area contributed by atoms with E-state index < -0.39 is 15.6 Å². The molecule has 0 saturated heterocycles. The number of hydrogen-bond acceptors (Lipinski definition) is 3. The molecular formula is C15H32N2O3S. The molecule has 6 heteroatoms. The van der Waals surface area contributed by atoms with Gasteiger partial charge in [-0.1, -0.05) is 13.3 Å². The normalized spacial score (nSPS) is 14.6. The van der Waals surface area contributed by atoms with Gasteiger partial charge in [-0.15, -0.1) is 0 Å². The van der Waals surface area contributed by atoms with Crippen LogP contribution in [0.25, 0.3) is 0 Å². The summed E-state index contributed by atoms with van der Waals surface area (Å²) in [7, 11) is -1.60. The average Bonchev–Trinajstić information content (AvgIpc) is 2.30. The van der Waals surface area contributed by atoms with E-state index in [1.165, 1.54) is 10.6 Å².